The van der Waals surface area contributed by atoms with Gasteiger partial charge in [0.25, 0.3) is 5.56 Å². The van der Waals surface area contributed by atoms with Gasteiger partial charge >= 0.3 is 0 Å². The number of nitrogens with zero attached hydrogens (tertiary/aromatic N) is 4. The molecule has 24 heavy (non-hydrogen) atoms. The third kappa shape index (κ3) is 2.34. The molecule has 124 valence electrons. The molecule has 4 heterocycles. The number of pyridine rings is 1. The summed E-state index contributed by atoms with van der Waals surface area (Å²) in [5.74, 6) is 0.700. The lowest BCUT2D eigenvalue weighted by Gasteiger charge is -2.39. The quantitative estimate of drug-likeness (QED) is 0.865. The third-order valence-electron chi connectivity index (χ3n) is 5.01. The van der Waals surface area contributed by atoms with Crippen LogP contribution in [0.2, 0.25) is 0 Å². The van der Waals surface area contributed by atoms with Gasteiger partial charge in [-0.25, -0.2) is 9.66 Å². The molecule has 6 nitrogen and oxygen atoms in total. The highest BCUT2D eigenvalue weighted by Crippen LogP contribution is 2.27. The van der Waals surface area contributed by atoms with Crippen molar-refractivity contribution < 1.29 is 0 Å². The van der Waals surface area contributed by atoms with Gasteiger partial charge in [0.1, 0.15) is 6.17 Å². The second-order valence-electron chi connectivity index (χ2n) is 6.62. The van der Waals surface area contributed by atoms with E-state index in [4.69, 9.17) is 0 Å². The summed E-state index contributed by atoms with van der Waals surface area (Å²) < 4.78 is 1.57. The lowest BCUT2D eigenvalue weighted by Crippen LogP contribution is -2.52. The van der Waals surface area contributed by atoms with Gasteiger partial charge in [-0.1, -0.05) is 6.07 Å². The Balaban J connectivity index is 1.70. The number of nitrogens with one attached hydrogen (secondary N) is 1. The molecule has 2 aliphatic rings. The van der Waals surface area contributed by atoms with E-state index in [0.29, 0.717) is 5.82 Å². The number of allylic oxidation sites excluding steroid dienone is 1. The van der Waals surface area contributed by atoms with E-state index in [-0.39, 0.29) is 11.7 Å². The second kappa shape index (κ2) is 5.56. The van der Waals surface area contributed by atoms with Crippen LogP contribution in [-0.2, 0) is 13.0 Å². The van der Waals surface area contributed by atoms with Crippen molar-refractivity contribution in [1.82, 2.24) is 19.5 Å². The van der Waals surface area contributed by atoms with Crippen LogP contribution in [0.1, 0.15) is 36.5 Å². The minimum absolute atomic E-state index is 0.00642. The lowest BCUT2D eigenvalue weighted by molar-refractivity contribution is 0.204. The first-order chi connectivity index (χ1) is 11.5. The molecule has 2 aromatic rings. The zero-order valence-electron chi connectivity index (χ0n) is 14.2. The van der Waals surface area contributed by atoms with Crippen molar-refractivity contribution in [2.24, 2.45) is 0 Å². The molecule has 1 N–H and O–H groups in total. The number of fused-ring (bicyclic) bond motifs is 2. The highest BCUT2D eigenvalue weighted by molar-refractivity contribution is 5.64. The number of aryl methyl sites for hydroxylation is 1. The van der Waals surface area contributed by atoms with Crippen LogP contribution in [-0.4, -0.2) is 32.3 Å². The summed E-state index contributed by atoms with van der Waals surface area (Å²) in [5.41, 5.74) is 9.18. The van der Waals surface area contributed by atoms with Crippen LogP contribution in [0.3, 0.4) is 0 Å². The highest BCUT2D eigenvalue weighted by atomic mass is 16.1. The smallest absolute Gasteiger partial charge is 0.272 e. The van der Waals surface area contributed by atoms with Gasteiger partial charge in [0.05, 0.1) is 0 Å². The summed E-state index contributed by atoms with van der Waals surface area (Å²) in [5, 5.41) is 0. The summed E-state index contributed by atoms with van der Waals surface area (Å²) >= 11 is 0. The molecule has 0 bridgehead atoms. The standard InChI is InChI=1S/C18H21N5O/c1-11-8-14-10-22(7-5-15(14)20-9-11)18-13(3)12(2)17-19-6-4-16(24)23(17)21-18/h4,6,8-9,18,21H,5,7,10H2,1-3H3. The SMILES string of the molecule is CC1=C(C)C(N2CCc3ncc(C)cc3C2)Nn2c1nccc2=O. The van der Waals surface area contributed by atoms with Gasteiger partial charge in [-0.05, 0) is 43.0 Å². The summed E-state index contributed by atoms with van der Waals surface area (Å²) in [4.78, 5) is 23.5. The van der Waals surface area contributed by atoms with E-state index in [2.05, 4.69) is 40.2 Å². The molecule has 0 amide bonds. The van der Waals surface area contributed by atoms with E-state index >= 15 is 0 Å². The maximum Gasteiger partial charge on any atom is 0.272 e. The van der Waals surface area contributed by atoms with Gasteiger partial charge in [-0.15, -0.1) is 0 Å². The molecule has 0 fully saturated rings. The molecule has 6 heteroatoms. The molecular weight excluding hydrogens is 302 g/mol. The second-order valence-corrected chi connectivity index (χ2v) is 6.62. The molecule has 0 spiro atoms. The number of hydrogen-bond acceptors (Lipinski definition) is 5. The molecule has 0 saturated carbocycles. The number of hydrogen-bond donors (Lipinski definition) is 1. The Labute approximate surface area is 140 Å². The van der Waals surface area contributed by atoms with Crippen LogP contribution in [0.4, 0.5) is 0 Å². The maximum absolute atomic E-state index is 12.2. The fourth-order valence-corrected chi connectivity index (χ4v) is 3.54. The van der Waals surface area contributed by atoms with Crippen molar-refractivity contribution >= 4 is 5.57 Å². The Kier molecular flexibility index (Phi) is 3.49. The van der Waals surface area contributed by atoms with Gasteiger partial charge in [0, 0.05) is 43.7 Å². The first-order valence-electron chi connectivity index (χ1n) is 8.25. The minimum Gasteiger partial charge on any atom is -0.300 e. The van der Waals surface area contributed by atoms with E-state index in [1.165, 1.54) is 28.5 Å². The van der Waals surface area contributed by atoms with Crippen molar-refractivity contribution in [2.45, 2.75) is 39.9 Å². The van der Waals surface area contributed by atoms with E-state index in [9.17, 15) is 4.79 Å². The van der Waals surface area contributed by atoms with Crippen LogP contribution < -0.4 is 11.0 Å². The Morgan fingerprint density at radius 3 is 2.92 bits per heavy atom. The Morgan fingerprint density at radius 1 is 1.25 bits per heavy atom. The van der Waals surface area contributed by atoms with Gasteiger partial charge in [0.2, 0.25) is 0 Å². The van der Waals surface area contributed by atoms with Gasteiger partial charge in [-0.2, -0.15) is 0 Å². The first kappa shape index (κ1) is 15.1. The molecule has 2 aromatic heterocycles. The zero-order chi connectivity index (χ0) is 16.8. The van der Waals surface area contributed by atoms with Crippen LogP contribution in [0.5, 0.6) is 0 Å². The number of aromatic nitrogens is 3. The molecule has 0 radical (unpaired) electrons. The zero-order valence-corrected chi connectivity index (χ0v) is 14.2. The van der Waals surface area contributed by atoms with Crippen LogP contribution >= 0.6 is 0 Å². The van der Waals surface area contributed by atoms with Crippen molar-refractivity contribution in [3.8, 4) is 0 Å². The van der Waals surface area contributed by atoms with Crippen molar-refractivity contribution in [3.63, 3.8) is 0 Å². The van der Waals surface area contributed by atoms with Gasteiger partial charge < -0.3 is 0 Å². The topological polar surface area (TPSA) is 63.1 Å². The fourth-order valence-electron chi connectivity index (χ4n) is 3.54. The van der Waals surface area contributed by atoms with E-state index in [1.54, 1.807) is 10.9 Å². The lowest BCUT2D eigenvalue weighted by atomic mass is 10.00. The Bertz CT molecular complexity index is 899. The van der Waals surface area contributed by atoms with E-state index in [0.717, 1.165) is 25.1 Å². The predicted molar refractivity (Wildman–Crippen MR) is 93.0 cm³/mol. The summed E-state index contributed by atoms with van der Waals surface area (Å²) in [7, 11) is 0. The number of rotatable bonds is 1. The predicted octanol–water partition coefficient (Wildman–Crippen LogP) is 1.68. The molecule has 0 aromatic carbocycles. The van der Waals surface area contributed by atoms with Crippen molar-refractivity contribution in [1.29, 1.82) is 0 Å². The van der Waals surface area contributed by atoms with E-state index < -0.39 is 0 Å². The average Bonchev–Trinajstić information content (AvgIpc) is 2.58. The molecular formula is C18H21N5O. The fraction of sp³-hybridized carbons (Fsp3) is 0.389. The van der Waals surface area contributed by atoms with Crippen LogP contribution in [0.15, 0.2) is 34.9 Å². The largest absolute Gasteiger partial charge is 0.300 e. The molecule has 1 unspecified atom stereocenters. The average molecular weight is 323 g/mol. The van der Waals surface area contributed by atoms with Gasteiger partial charge in [0.15, 0.2) is 5.82 Å². The summed E-state index contributed by atoms with van der Waals surface area (Å²) in [6.07, 6.45) is 4.42. The minimum atomic E-state index is -0.0771. The monoisotopic (exact) mass is 323 g/mol. The Morgan fingerprint density at radius 2 is 2.08 bits per heavy atom. The molecule has 2 aliphatic heterocycles. The first-order valence-corrected chi connectivity index (χ1v) is 8.25. The normalized spacial score (nSPS) is 20.4. The van der Waals surface area contributed by atoms with Gasteiger partial charge in [-0.3, -0.25) is 20.1 Å². The molecule has 1 atom stereocenters. The highest BCUT2D eigenvalue weighted by Gasteiger charge is 2.30. The molecule has 0 saturated heterocycles. The third-order valence-corrected chi connectivity index (χ3v) is 5.01. The summed E-state index contributed by atoms with van der Waals surface area (Å²) in [6.45, 7) is 7.96. The molecule has 4 rings (SSSR count). The van der Waals surface area contributed by atoms with E-state index in [1.807, 2.05) is 13.1 Å². The Hall–Kier alpha value is -2.47. The van der Waals surface area contributed by atoms with Crippen LogP contribution in [0.25, 0.3) is 5.57 Å². The molecule has 0 aliphatic carbocycles. The van der Waals surface area contributed by atoms with Crippen molar-refractivity contribution in [2.75, 3.05) is 12.0 Å². The van der Waals surface area contributed by atoms with Crippen molar-refractivity contribution in [3.05, 3.63) is 63.1 Å². The maximum atomic E-state index is 12.2. The summed E-state index contributed by atoms with van der Waals surface area (Å²) in [6, 6.07) is 3.70. The van der Waals surface area contributed by atoms with Crippen LogP contribution in [0, 0.1) is 6.92 Å².